The van der Waals surface area contributed by atoms with Gasteiger partial charge in [0.15, 0.2) is 0 Å². The first-order valence-electron chi connectivity index (χ1n) is 2.00. The first kappa shape index (κ1) is 31.6. The Bertz CT molecular complexity index is 341. The molecule has 17 heavy (non-hydrogen) atoms. The van der Waals surface area contributed by atoms with E-state index in [9.17, 15) is 0 Å². The second-order valence-corrected chi connectivity index (χ2v) is 3.67. The van der Waals surface area contributed by atoms with Gasteiger partial charge >= 0.3 is 80.8 Å². The molecule has 0 aromatic heterocycles. The number of hydrogen-bond acceptors (Lipinski definition) is 12. The number of hydrogen-bond donors (Lipinski definition) is 0. The van der Waals surface area contributed by atoms with Gasteiger partial charge in [-0.25, -0.2) is 0 Å². The van der Waals surface area contributed by atoms with Gasteiger partial charge in [-0.2, -0.15) is 0 Å². The molecule has 0 N–H and O–H groups in total. The zero-order valence-electron chi connectivity index (χ0n) is 6.94. The zero-order chi connectivity index (χ0) is 13.5. The van der Waals surface area contributed by atoms with Crippen LogP contribution in [0.15, 0.2) is 0 Å². The number of rotatable bonds is 0. The van der Waals surface area contributed by atoms with Gasteiger partial charge in [0.25, 0.3) is 0 Å². The average Bonchev–Trinajstić information content (AvgIpc) is 1.41. The molecule has 0 aromatic carbocycles. The van der Waals surface area contributed by atoms with Gasteiger partial charge < -0.3 is 27.3 Å². The topological polar surface area (TPSA) is 241 Å². The van der Waals surface area contributed by atoms with Crippen molar-refractivity contribution >= 4 is 31.2 Å². The molecule has 0 unspecified atom stereocenters. The summed E-state index contributed by atoms with van der Waals surface area (Å²) in [7, 11) is -15.5. The van der Waals surface area contributed by atoms with Crippen LogP contribution in [0.5, 0.6) is 0 Å². The Morgan fingerprint density at radius 1 is 0.412 bits per heavy atom. The van der Waals surface area contributed by atoms with E-state index in [0.717, 1.165) is 0 Å². The van der Waals surface area contributed by atoms with Gasteiger partial charge in [0, 0.05) is 31.2 Å². The molecule has 0 aliphatic rings. The van der Waals surface area contributed by atoms with Crippen molar-refractivity contribution in [2.24, 2.45) is 0 Å². The summed E-state index contributed by atoms with van der Waals surface area (Å²) in [6, 6.07) is 0. The van der Waals surface area contributed by atoms with Crippen molar-refractivity contribution in [2.45, 2.75) is 0 Å². The minimum atomic E-state index is -5.17. The van der Waals surface area contributed by atoms with E-state index in [1.165, 1.54) is 0 Å². The summed E-state index contributed by atoms with van der Waals surface area (Å²) in [6.07, 6.45) is 0. The summed E-state index contributed by atoms with van der Waals surface area (Å²) in [5.74, 6) is 0. The summed E-state index contributed by atoms with van der Waals surface area (Å²) >= 11 is 0. The normalized spacial score (nSPS) is 10.2. The fraction of sp³-hybridized carbons (Fsp3) is 0. The van der Waals surface area contributed by atoms with Crippen LogP contribution in [0.3, 0.4) is 0 Å². The maximum atomic E-state index is 8.52. The van der Waals surface area contributed by atoms with Crippen LogP contribution in [0.2, 0.25) is 0 Å². The molecule has 0 bridgehead atoms. The molecule has 17 heteroatoms. The molecule has 0 saturated heterocycles. The van der Waals surface area contributed by atoms with Crippen LogP contribution in [-0.2, 0) is 31.2 Å². The van der Waals surface area contributed by atoms with E-state index >= 15 is 0 Å². The van der Waals surface area contributed by atoms with E-state index in [2.05, 4.69) is 0 Å². The van der Waals surface area contributed by atoms with Crippen LogP contribution in [0.1, 0.15) is 0 Å². The Hall–Kier alpha value is 2.29. The van der Waals surface area contributed by atoms with E-state index in [1.807, 2.05) is 0 Å². The predicted octanol–water partition coefficient (Wildman–Crippen LogP) is -4.01. The van der Waals surface area contributed by atoms with Crippen molar-refractivity contribution in [3.63, 3.8) is 0 Å². The third-order valence-electron chi connectivity index (χ3n) is 0. The fourth-order valence-corrected chi connectivity index (χ4v) is 0. The predicted molar refractivity (Wildman–Crippen MR) is 31.4 cm³/mol. The molecule has 0 aliphatic heterocycles. The molecule has 0 fully saturated rings. The molecule has 0 aromatic rings. The Kier molecular flexibility index (Phi) is 24.7. The Balaban J connectivity index is -0.0000000400. The molecule has 0 saturated carbocycles. The van der Waals surface area contributed by atoms with Crippen LogP contribution >= 0.6 is 0 Å². The monoisotopic (exact) mass is 592 g/mol. The minimum Gasteiger partial charge on any atom is -0.759 e. The zero-order valence-corrected chi connectivity index (χ0v) is 14.6. The Morgan fingerprint density at radius 3 is 0.412 bits per heavy atom. The molecule has 0 heterocycles. The molecular formula is O12S3Sm2. The third kappa shape index (κ3) is 929. The van der Waals surface area contributed by atoms with E-state index in [0.29, 0.717) is 0 Å². The molecule has 2 radical (unpaired) electrons. The molecule has 0 amide bonds. The molecule has 0 rings (SSSR count). The van der Waals surface area contributed by atoms with E-state index in [-0.39, 0.29) is 80.8 Å². The van der Waals surface area contributed by atoms with Crippen molar-refractivity contribution in [3.8, 4) is 0 Å². The standard InChI is InChI=1S/3H2O4S.2Sm/c3*1-5(2,3)4;;/h3*(H2,1,2,3,4);;/q;;;2*+3/p-6. The first-order chi connectivity index (χ1) is 6.00. The van der Waals surface area contributed by atoms with Gasteiger partial charge in [-0.3, -0.25) is 25.3 Å². The van der Waals surface area contributed by atoms with Crippen LogP contribution in [0, 0.1) is 80.8 Å². The van der Waals surface area contributed by atoms with Gasteiger partial charge in [-0.1, -0.05) is 0 Å². The van der Waals surface area contributed by atoms with Crippen LogP contribution in [0.4, 0.5) is 0 Å². The average molecular weight is 589 g/mol. The molecule has 102 valence electrons. The first-order valence-corrected chi connectivity index (χ1v) is 6.00. The van der Waals surface area contributed by atoms with Gasteiger partial charge in [-0.05, 0) is 0 Å². The smallest absolute Gasteiger partial charge is 0.759 e. The Labute approximate surface area is 161 Å². The summed E-state index contributed by atoms with van der Waals surface area (Å²) in [5, 5.41) is 0. The van der Waals surface area contributed by atoms with Crippen molar-refractivity contribution in [1.82, 2.24) is 0 Å². The van der Waals surface area contributed by atoms with Crippen molar-refractivity contribution in [1.29, 1.82) is 0 Å². The summed E-state index contributed by atoms with van der Waals surface area (Å²) in [4.78, 5) is 0. The van der Waals surface area contributed by atoms with E-state index < -0.39 is 31.2 Å². The third-order valence-corrected chi connectivity index (χ3v) is 0. The SMILES string of the molecule is O=S(=O)([O-])[O-].O=S(=O)([O-])[O-].O=S(=O)([O-])[O-].[Sm+3].[Sm+3]. The van der Waals surface area contributed by atoms with Gasteiger partial charge in [0.1, 0.15) is 0 Å². The second-order valence-electron chi connectivity index (χ2n) is 1.22. The molecule has 0 atom stereocenters. The summed E-state index contributed by atoms with van der Waals surface area (Å²) in [6.45, 7) is 0. The maximum Gasteiger partial charge on any atom is 3.00 e. The molecular weight excluding hydrogens is 589 g/mol. The fourth-order valence-electron chi connectivity index (χ4n) is 0. The molecule has 0 spiro atoms. The van der Waals surface area contributed by atoms with E-state index in [4.69, 9.17) is 52.6 Å². The van der Waals surface area contributed by atoms with Crippen molar-refractivity contribution in [2.75, 3.05) is 0 Å². The quantitative estimate of drug-likeness (QED) is 0.194. The summed E-state index contributed by atoms with van der Waals surface area (Å²) in [5.41, 5.74) is 0. The van der Waals surface area contributed by atoms with Crippen molar-refractivity contribution in [3.05, 3.63) is 0 Å². The second kappa shape index (κ2) is 13.3. The van der Waals surface area contributed by atoms with Gasteiger partial charge in [0.05, 0.1) is 0 Å². The van der Waals surface area contributed by atoms with Crippen LogP contribution in [0.25, 0.3) is 0 Å². The van der Waals surface area contributed by atoms with Crippen molar-refractivity contribution < 1.29 is 133 Å². The van der Waals surface area contributed by atoms with Gasteiger partial charge in [-0.15, -0.1) is 0 Å². The largest absolute Gasteiger partial charge is 3.00 e. The minimum absolute atomic E-state index is 0. The van der Waals surface area contributed by atoms with Crippen LogP contribution < -0.4 is 0 Å². The van der Waals surface area contributed by atoms with E-state index in [1.54, 1.807) is 0 Å². The van der Waals surface area contributed by atoms with Gasteiger partial charge in [0.2, 0.25) is 0 Å². The summed E-state index contributed by atoms with van der Waals surface area (Å²) < 4.78 is 102. The molecule has 12 nitrogen and oxygen atoms in total. The molecule has 0 aliphatic carbocycles. The maximum absolute atomic E-state index is 8.52. The Morgan fingerprint density at radius 2 is 0.412 bits per heavy atom. The van der Waals surface area contributed by atoms with Crippen LogP contribution in [-0.4, -0.2) is 52.6 Å².